The lowest BCUT2D eigenvalue weighted by Gasteiger charge is -2.22. The lowest BCUT2D eigenvalue weighted by Crippen LogP contribution is -2.30. The van der Waals surface area contributed by atoms with E-state index in [0.29, 0.717) is 0 Å². The van der Waals surface area contributed by atoms with Crippen LogP contribution in [0.4, 0.5) is 0 Å². The van der Waals surface area contributed by atoms with Gasteiger partial charge >= 0.3 is 5.97 Å². The zero-order chi connectivity index (χ0) is 13.4. The van der Waals surface area contributed by atoms with Crippen molar-refractivity contribution in [1.29, 1.82) is 5.26 Å². The molecule has 3 nitrogen and oxygen atoms in total. The minimum absolute atomic E-state index is 0.489. The molecule has 0 bridgehead atoms. The minimum atomic E-state index is -1.19. The number of carbonyl (C=O) groups excluding carboxylic acids is 1. The van der Waals surface area contributed by atoms with E-state index >= 15 is 0 Å². The van der Waals surface area contributed by atoms with Gasteiger partial charge < -0.3 is 4.74 Å². The van der Waals surface area contributed by atoms with Crippen LogP contribution in [0.15, 0.2) is 36.4 Å². The quantitative estimate of drug-likeness (QED) is 0.748. The molecule has 2 rings (SSSR count). The van der Waals surface area contributed by atoms with E-state index in [2.05, 4.69) is 6.07 Å². The third-order valence-corrected chi connectivity index (χ3v) is 2.68. The van der Waals surface area contributed by atoms with Crippen LogP contribution in [0, 0.1) is 16.7 Å². The Balaban J connectivity index is 2.19. The van der Waals surface area contributed by atoms with E-state index < -0.39 is 17.0 Å². The first-order chi connectivity index (χ1) is 8.39. The van der Waals surface area contributed by atoms with E-state index in [9.17, 15) is 10.1 Å². The van der Waals surface area contributed by atoms with Crippen LogP contribution >= 0.6 is 0 Å². The average Bonchev–Trinajstić information content (AvgIpc) is 3.04. The van der Waals surface area contributed by atoms with Crippen molar-refractivity contribution in [2.24, 2.45) is 5.41 Å². The van der Waals surface area contributed by atoms with Gasteiger partial charge in [0, 0.05) is 0 Å². The first kappa shape index (κ1) is 12.4. The molecule has 0 amide bonds. The van der Waals surface area contributed by atoms with Crippen LogP contribution in [-0.2, 0) is 9.53 Å². The maximum atomic E-state index is 12.1. The fraction of sp³-hybridized carbons (Fsp3) is 0.333. The SMILES string of the molecule is CC(C)(C)OC(=O)[C@@]1(C#N)C=C1c1ccccc1. The Labute approximate surface area is 107 Å². The lowest BCUT2D eigenvalue weighted by molar-refractivity contribution is -0.157. The largest absolute Gasteiger partial charge is 0.458 e. The van der Waals surface area contributed by atoms with Gasteiger partial charge in [-0.3, -0.25) is 0 Å². The molecule has 1 aliphatic rings. The van der Waals surface area contributed by atoms with Crippen LogP contribution in [-0.4, -0.2) is 11.6 Å². The van der Waals surface area contributed by atoms with Crippen molar-refractivity contribution in [2.45, 2.75) is 26.4 Å². The number of nitrogens with zero attached hydrogens (tertiary/aromatic N) is 1. The van der Waals surface area contributed by atoms with Crippen molar-refractivity contribution >= 4 is 11.5 Å². The second-order valence-electron chi connectivity index (χ2n) is 5.35. The second-order valence-corrected chi connectivity index (χ2v) is 5.35. The fourth-order valence-corrected chi connectivity index (χ4v) is 1.77. The summed E-state index contributed by atoms with van der Waals surface area (Å²) in [7, 11) is 0. The van der Waals surface area contributed by atoms with Crippen LogP contribution in [0.1, 0.15) is 26.3 Å². The number of nitriles is 1. The molecule has 0 heterocycles. The molecule has 0 saturated heterocycles. The molecule has 1 aromatic rings. The van der Waals surface area contributed by atoms with Crippen molar-refractivity contribution in [1.82, 2.24) is 0 Å². The number of ether oxygens (including phenoxy) is 1. The summed E-state index contributed by atoms with van der Waals surface area (Å²) in [5.41, 5.74) is -0.141. The van der Waals surface area contributed by atoms with E-state index in [1.54, 1.807) is 26.8 Å². The summed E-state index contributed by atoms with van der Waals surface area (Å²) in [4.78, 5) is 12.1. The van der Waals surface area contributed by atoms with E-state index in [1.165, 1.54) is 0 Å². The van der Waals surface area contributed by atoms with Gasteiger partial charge in [0.1, 0.15) is 5.60 Å². The van der Waals surface area contributed by atoms with Gasteiger partial charge in [0.15, 0.2) is 5.41 Å². The Hall–Kier alpha value is -2.08. The Morgan fingerprint density at radius 3 is 2.39 bits per heavy atom. The number of carbonyl (C=O) groups is 1. The minimum Gasteiger partial charge on any atom is -0.458 e. The van der Waals surface area contributed by atoms with Crippen molar-refractivity contribution < 1.29 is 9.53 Å². The number of rotatable bonds is 2. The predicted octanol–water partition coefficient (Wildman–Crippen LogP) is 2.94. The maximum Gasteiger partial charge on any atom is 0.335 e. The van der Waals surface area contributed by atoms with Gasteiger partial charge in [-0.15, -0.1) is 0 Å². The molecule has 0 aliphatic heterocycles. The van der Waals surface area contributed by atoms with Crippen LogP contribution < -0.4 is 0 Å². The molecule has 0 N–H and O–H groups in total. The Morgan fingerprint density at radius 2 is 1.89 bits per heavy atom. The van der Waals surface area contributed by atoms with Gasteiger partial charge in [-0.05, 0) is 38.0 Å². The highest BCUT2D eigenvalue weighted by Gasteiger charge is 2.54. The molecular formula is C15H15NO2. The molecule has 1 aliphatic carbocycles. The van der Waals surface area contributed by atoms with Crippen LogP contribution in [0.5, 0.6) is 0 Å². The molecule has 1 aromatic carbocycles. The van der Waals surface area contributed by atoms with E-state index in [1.807, 2.05) is 30.3 Å². The van der Waals surface area contributed by atoms with Gasteiger partial charge in [-0.25, -0.2) is 4.79 Å². The normalized spacial score (nSPS) is 21.8. The lowest BCUT2D eigenvalue weighted by atomic mass is 9.98. The Bertz CT molecular complexity index is 546. The fourth-order valence-electron chi connectivity index (χ4n) is 1.77. The standard InChI is InChI=1S/C15H15NO2/c1-14(2,3)18-13(17)15(10-16)9-12(15)11-7-5-4-6-8-11/h4-9H,1-3H3/t15-/m1/s1. The number of hydrogen-bond donors (Lipinski definition) is 0. The Kier molecular flexibility index (Phi) is 2.74. The second kappa shape index (κ2) is 3.99. The molecule has 1 atom stereocenters. The average molecular weight is 241 g/mol. The van der Waals surface area contributed by atoms with Crippen molar-refractivity contribution in [3.8, 4) is 6.07 Å². The van der Waals surface area contributed by atoms with Gasteiger partial charge in [0.05, 0.1) is 6.07 Å². The highest BCUT2D eigenvalue weighted by molar-refractivity contribution is 6.09. The van der Waals surface area contributed by atoms with Crippen molar-refractivity contribution in [3.05, 3.63) is 42.0 Å². The van der Waals surface area contributed by atoms with E-state index in [4.69, 9.17) is 4.74 Å². The highest BCUT2D eigenvalue weighted by Crippen LogP contribution is 2.51. The smallest absolute Gasteiger partial charge is 0.335 e. The Morgan fingerprint density at radius 1 is 1.28 bits per heavy atom. The summed E-state index contributed by atoms with van der Waals surface area (Å²) in [5, 5.41) is 9.25. The third-order valence-electron chi connectivity index (χ3n) is 2.68. The summed E-state index contributed by atoms with van der Waals surface area (Å²) in [6, 6.07) is 11.5. The van der Waals surface area contributed by atoms with Gasteiger partial charge in [-0.1, -0.05) is 30.3 Å². The summed E-state index contributed by atoms with van der Waals surface area (Å²) < 4.78 is 5.29. The molecule has 0 spiro atoms. The molecule has 0 unspecified atom stereocenters. The molecule has 18 heavy (non-hydrogen) atoms. The predicted molar refractivity (Wildman–Crippen MR) is 68.3 cm³/mol. The molecule has 0 aromatic heterocycles. The molecule has 3 heteroatoms. The summed E-state index contributed by atoms with van der Waals surface area (Å²) in [6.07, 6.45) is 1.66. The molecule has 0 radical (unpaired) electrons. The zero-order valence-corrected chi connectivity index (χ0v) is 10.7. The first-order valence-corrected chi connectivity index (χ1v) is 5.82. The molecule has 0 saturated carbocycles. The third kappa shape index (κ3) is 2.14. The van der Waals surface area contributed by atoms with Gasteiger partial charge in [0.2, 0.25) is 0 Å². The first-order valence-electron chi connectivity index (χ1n) is 5.82. The summed E-state index contributed by atoms with van der Waals surface area (Å²) in [5.74, 6) is -0.489. The van der Waals surface area contributed by atoms with Crippen LogP contribution in [0.3, 0.4) is 0 Å². The molecule has 92 valence electrons. The van der Waals surface area contributed by atoms with Crippen LogP contribution in [0.25, 0.3) is 5.57 Å². The number of esters is 1. The van der Waals surface area contributed by atoms with Gasteiger partial charge in [-0.2, -0.15) is 5.26 Å². The summed E-state index contributed by atoms with van der Waals surface area (Å²) >= 11 is 0. The van der Waals surface area contributed by atoms with Crippen LogP contribution in [0.2, 0.25) is 0 Å². The zero-order valence-electron chi connectivity index (χ0n) is 10.7. The van der Waals surface area contributed by atoms with E-state index in [0.717, 1.165) is 11.1 Å². The summed E-state index contributed by atoms with van der Waals surface area (Å²) in [6.45, 7) is 5.38. The maximum absolute atomic E-state index is 12.1. The molecule has 0 fully saturated rings. The van der Waals surface area contributed by atoms with Crippen molar-refractivity contribution in [3.63, 3.8) is 0 Å². The monoisotopic (exact) mass is 241 g/mol. The number of benzene rings is 1. The topological polar surface area (TPSA) is 50.1 Å². The van der Waals surface area contributed by atoms with Crippen molar-refractivity contribution in [2.75, 3.05) is 0 Å². The van der Waals surface area contributed by atoms with E-state index in [-0.39, 0.29) is 0 Å². The highest BCUT2D eigenvalue weighted by atomic mass is 16.6. The molecular weight excluding hydrogens is 226 g/mol. The van der Waals surface area contributed by atoms with Gasteiger partial charge in [0.25, 0.3) is 0 Å². The number of hydrogen-bond acceptors (Lipinski definition) is 3.